The zero-order valence-electron chi connectivity index (χ0n) is 15.0. The fourth-order valence-electron chi connectivity index (χ4n) is 3.68. The molecule has 1 aromatic carbocycles. The molecule has 1 N–H and O–H groups in total. The van der Waals surface area contributed by atoms with E-state index in [0.717, 1.165) is 37.3 Å². The van der Waals surface area contributed by atoms with E-state index in [4.69, 9.17) is 0 Å². The molecular weight excluding hydrogens is 333 g/mol. The third-order valence-corrected chi connectivity index (χ3v) is 4.92. The number of aromatic amines is 1. The van der Waals surface area contributed by atoms with Gasteiger partial charge in [-0.1, -0.05) is 6.92 Å². The molecule has 2 aromatic heterocycles. The second-order valence-corrected chi connectivity index (χ2v) is 6.83. The molecule has 4 rings (SSSR count). The number of rotatable bonds is 4. The first-order valence-corrected chi connectivity index (χ1v) is 9.07. The molecule has 0 aliphatic carbocycles. The van der Waals surface area contributed by atoms with Crippen molar-refractivity contribution < 1.29 is 9.18 Å². The van der Waals surface area contributed by atoms with Crippen molar-refractivity contribution in [1.82, 2.24) is 24.6 Å². The standard InChI is InChI=1S/C19H22FN5O/c1-3-8-24-11-14(12(2)23-24)19(26)25-9-4-5-17(25)18-21-15-7-6-13(20)10-16(15)22-18/h6-7,10-11,17H,3-5,8-9H2,1-2H3,(H,21,22)/t17-/m1/s1. The monoisotopic (exact) mass is 355 g/mol. The highest BCUT2D eigenvalue weighted by molar-refractivity contribution is 5.95. The van der Waals surface area contributed by atoms with Crippen LogP contribution in [-0.2, 0) is 6.54 Å². The van der Waals surface area contributed by atoms with Crippen molar-refractivity contribution in [2.45, 2.75) is 45.7 Å². The van der Waals surface area contributed by atoms with Crippen molar-refractivity contribution in [3.63, 3.8) is 0 Å². The first-order valence-electron chi connectivity index (χ1n) is 9.07. The maximum Gasteiger partial charge on any atom is 0.257 e. The largest absolute Gasteiger partial charge is 0.340 e. The topological polar surface area (TPSA) is 66.8 Å². The lowest BCUT2D eigenvalue weighted by Crippen LogP contribution is -2.31. The number of hydrogen-bond donors (Lipinski definition) is 1. The minimum atomic E-state index is -0.300. The van der Waals surface area contributed by atoms with Crippen LogP contribution in [0.3, 0.4) is 0 Å². The summed E-state index contributed by atoms with van der Waals surface area (Å²) in [5.41, 5.74) is 2.77. The zero-order valence-corrected chi connectivity index (χ0v) is 15.0. The second kappa shape index (κ2) is 6.55. The highest BCUT2D eigenvalue weighted by atomic mass is 19.1. The molecule has 136 valence electrons. The fourth-order valence-corrected chi connectivity index (χ4v) is 3.68. The normalized spacial score (nSPS) is 17.3. The molecule has 1 aliphatic rings. The van der Waals surface area contributed by atoms with Crippen molar-refractivity contribution in [2.75, 3.05) is 6.54 Å². The molecule has 26 heavy (non-hydrogen) atoms. The van der Waals surface area contributed by atoms with Gasteiger partial charge in [0, 0.05) is 19.3 Å². The number of fused-ring (bicyclic) bond motifs is 1. The Morgan fingerprint density at radius 3 is 3.08 bits per heavy atom. The van der Waals surface area contributed by atoms with Crippen LogP contribution in [0.5, 0.6) is 0 Å². The summed E-state index contributed by atoms with van der Waals surface area (Å²) in [7, 11) is 0. The maximum absolute atomic E-state index is 13.4. The molecule has 1 aliphatic heterocycles. The molecule has 1 fully saturated rings. The zero-order chi connectivity index (χ0) is 18.3. The molecule has 0 unspecified atom stereocenters. The average molecular weight is 355 g/mol. The van der Waals surface area contributed by atoms with Crippen molar-refractivity contribution in [3.8, 4) is 0 Å². The Balaban J connectivity index is 1.64. The van der Waals surface area contributed by atoms with Gasteiger partial charge in [0.25, 0.3) is 5.91 Å². The van der Waals surface area contributed by atoms with Crippen LogP contribution >= 0.6 is 0 Å². The summed E-state index contributed by atoms with van der Waals surface area (Å²) in [6.07, 6.45) is 4.57. The SMILES string of the molecule is CCCn1cc(C(=O)N2CCC[C@@H]2c2nc3ccc(F)cc3[nH]2)c(C)n1. The molecule has 3 heterocycles. The summed E-state index contributed by atoms with van der Waals surface area (Å²) in [5.74, 6) is 0.403. The average Bonchev–Trinajstić information content (AvgIpc) is 3.31. The molecule has 6 nitrogen and oxygen atoms in total. The van der Waals surface area contributed by atoms with E-state index in [-0.39, 0.29) is 17.8 Å². The molecule has 1 amide bonds. The van der Waals surface area contributed by atoms with Crippen LogP contribution in [0.15, 0.2) is 24.4 Å². The number of benzene rings is 1. The number of H-pyrrole nitrogens is 1. The van der Waals surface area contributed by atoms with Crippen molar-refractivity contribution in [3.05, 3.63) is 47.3 Å². The number of carbonyl (C=O) groups is 1. The van der Waals surface area contributed by atoms with E-state index in [2.05, 4.69) is 22.0 Å². The number of hydrogen-bond acceptors (Lipinski definition) is 3. The van der Waals surface area contributed by atoms with Crippen LogP contribution in [0, 0.1) is 12.7 Å². The Kier molecular flexibility index (Phi) is 4.22. The number of halogens is 1. The van der Waals surface area contributed by atoms with Crippen LogP contribution in [0.4, 0.5) is 4.39 Å². The Bertz CT molecular complexity index is 960. The van der Waals surface area contributed by atoms with Gasteiger partial charge < -0.3 is 9.88 Å². The summed E-state index contributed by atoms with van der Waals surface area (Å²) in [6.45, 7) is 5.44. The molecule has 0 spiro atoms. The minimum absolute atomic E-state index is 0.0148. The summed E-state index contributed by atoms with van der Waals surface area (Å²) in [6, 6.07) is 4.37. The maximum atomic E-state index is 13.4. The van der Waals surface area contributed by atoms with Crippen LogP contribution in [0.25, 0.3) is 11.0 Å². The Morgan fingerprint density at radius 1 is 1.42 bits per heavy atom. The number of imidazole rings is 1. The number of nitrogens with one attached hydrogen (secondary N) is 1. The van der Waals surface area contributed by atoms with E-state index in [9.17, 15) is 9.18 Å². The van der Waals surface area contributed by atoms with E-state index in [1.54, 1.807) is 6.07 Å². The lowest BCUT2D eigenvalue weighted by Gasteiger charge is -2.22. The Morgan fingerprint density at radius 2 is 2.27 bits per heavy atom. The minimum Gasteiger partial charge on any atom is -0.340 e. The third kappa shape index (κ3) is 2.87. The molecule has 0 bridgehead atoms. The predicted molar refractivity (Wildman–Crippen MR) is 96.3 cm³/mol. The van der Waals surface area contributed by atoms with E-state index in [1.807, 2.05) is 22.7 Å². The molecule has 0 radical (unpaired) electrons. The van der Waals surface area contributed by atoms with E-state index < -0.39 is 0 Å². The van der Waals surface area contributed by atoms with Gasteiger partial charge in [-0.25, -0.2) is 9.37 Å². The number of carbonyl (C=O) groups excluding carboxylic acids is 1. The van der Waals surface area contributed by atoms with Gasteiger partial charge in [-0.2, -0.15) is 5.10 Å². The van der Waals surface area contributed by atoms with Gasteiger partial charge in [0.1, 0.15) is 11.6 Å². The number of likely N-dealkylation sites (tertiary alicyclic amines) is 1. The van der Waals surface area contributed by atoms with Gasteiger partial charge in [0.15, 0.2) is 0 Å². The summed E-state index contributed by atoms with van der Waals surface area (Å²) in [4.78, 5) is 22.7. The van der Waals surface area contributed by atoms with E-state index >= 15 is 0 Å². The smallest absolute Gasteiger partial charge is 0.257 e. The number of amides is 1. The van der Waals surface area contributed by atoms with Gasteiger partial charge in [0.2, 0.25) is 0 Å². The highest BCUT2D eigenvalue weighted by Crippen LogP contribution is 2.33. The first-order chi connectivity index (χ1) is 12.6. The lowest BCUT2D eigenvalue weighted by molar-refractivity contribution is 0.0729. The lowest BCUT2D eigenvalue weighted by atomic mass is 10.2. The Hall–Kier alpha value is -2.70. The highest BCUT2D eigenvalue weighted by Gasteiger charge is 2.34. The first kappa shape index (κ1) is 16.8. The van der Waals surface area contributed by atoms with Gasteiger partial charge in [-0.15, -0.1) is 0 Å². The summed E-state index contributed by atoms with van der Waals surface area (Å²) >= 11 is 0. The molecule has 0 saturated carbocycles. The van der Waals surface area contributed by atoms with E-state index in [1.165, 1.54) is 12.1 Å². The van der Waals surface area contributed by atoms with Crippen LogP contribution in [0.2, 0.25) is 0 Å². The van der Waals surface area contributed by atoms with Gasteiger partial charge in [0.05, 0.1) is 28.3 Å². The van der Waals surface area contributed by atoms with Crippen molar-refractivity contribution in [2.24, 2.45) is 0 Å². The van der Waals surface area contributed by atoms with Crippen molar-refractivity contribution >= 4 is 16.9 Å². The third-order valence-electron chi connectivity index (χ3n) is 4.92. The number of aromatic nitrogens is 4. The van der Waals surface area contributed by atoms with Gasteiger partial charge in [-0.3, -0.25) is 9.48 Å². The number of nitrogens with zero attached hydrogens (tertiary/aromatic N) is 4. The summed E-state index contributed by atoms with van der Waals surface area (Å²) < 4.78 is 15.3. The summed E-state index contributed by atoms with van der Waals surface area (Å²) in [5, 5.41) is 4.44. The second-order valence-electron chi connectivity index (χ2n) is 6.83. The predicted octanol–water partition coefficient (Wildman–Crippen LogP) is 3.59. The molecular formula is C19H22FN5O. The number of aryl methyl sites for hydroxylation is 2. The van der Waals surface area contributed by atoms with Crippen molar-refractivity contribution in [1.29, 1.82) is 0 Å². The Labute approximate surface area is 151 Å². The van der Waals surface area contributed by atoms with E-state index in [0.29, 0.717) is 23.1 Å². The molecule has 3 aromatic rings. The molecule has 1 saturated heterocycles. The van der Waals surface area contributed by atoms with Gasteiger partial charge >= 0.3 is 0 Å². The van der Waals surface area contributed by atoms with Crippen LogP contribution in [-0.4, -0.2) is 37.1 Å². The van der Waals surface area contributed by atoms with Crippen LogP contribution in [0.1, 0.15) is 54.1 Å². The molecule has 1 atom stereocenters. The molecule has 7 heteroatoms. The fraction of sp³-hybridized carbons (Fsp3) is 0.421. The van der Waals surface area contributed by atoms with Gasteiger partial charge in [-0.05, 0) is 44.4 Å². The van der Waals surface area contributed by atoms with Crippen LogP contribution < -0.4 is 0 Å². The quantitative estimate of drug-likeness (QED) is 0.778.